The lowest BCUT2D eigenvalue weighted by molar-refractivity contribution is 0.748. The summed E-state index contributed by atoms with van der Waals surface area (Å²) in [5.41, 5.74) is 8.83. The minimum absolute atomic E-state index is 0.740. The molecule has 1 aromatic heterocycles. The first-order chi connectivity index (χ1) is 9.59. The van der Waals surface area contributed by atoms with Crippen molar-refractivity contribution in [2.45, 2.75) is 13.3 Å². The first-order valence-electron chi connectivity index (χ1n) is 6.88. The van der Waals surface area contributed by atoms with Crippen molar-refractivity contribution in [1.82, 2.24) is 9.78 Å². The smallest absolute Gasteiger partial charge is 0.147 e. The number of aryl methyl sites for hydroxylation is 2. The summed E-state index contributed by atoms with van der Waals surface area (Å²) in [4.78, 5) is 2.25. The molecule has 108 valence electrons. The summed E-state index contributed by atoms with van der Waals surface area (Å²) >= 11 is 0. The van der Waals surface area contributed by atoms with E-state index in [1.165, 1.54) is 5.69 Å². The largest absolute Gasteiger partial charge is 0.394 e. The highest BCUT2D eigenvalue weighted by Crippen LogP contribution is 2.20. The van der Waals surface area contributed by atoms with E-state index < -0.39 is 0 Å². The number of nitrogens with one attached hydrogen (secondary N) is 1. The molecule has 0 radical (unpaired) electrons. The average Bonchev–Trinajstić information content (AvgIpc) is 2.70. The maximum absolute atomic E-state index is 5.98. The van der Waals surface area contributed by atoms with Crippen molar-refractivity contribution in [3.63, 3.8) is 0 Å². The van der Waals surface area contributed by atoms with Gasteiger partial charge in [-0.25, -0.2) is 0 Å². The Hall–Kier alpha value is -2.17. The van der Waals surface area contributed by atoms with Gasteiger partial charge in [0.15, 0.2) is 0 Å². The minimum Gasteiger partial charge on any atom is -0.394 e. The quantitative estimate of drug-likeness (QED) is 0.793. The highest BCUT2D eigenvalue weighted by Gasteiger charge is 2.08. The van der Waals surface area contributed by atoms with Crippen LogP contribution in [0.15, 0.2) is 30.3 Å². The Labute approximate surface area is 120 Å². The third-order valence-electron chi connectivity index (χ3n) is 3.43. The average molecular weight is 273 g/mol. The summed E-state index contributed by atoms with van der Waals surface area (Å²) in [5.74, 6) is 0.907. The number of hydrogen-bond acceptors (Lipinski definition) is 4. The van der Waals surface area contributed by atoms with Crippen molar-refractivity contribution < 1.29 is 0 Å². The van der Waals surface area contributed by atoms with Crippen LogP contribution in [0.25, 0.3) is 0 Å². The lowest BCUT2D eigenvalue weighted by Gasteiger charge is -2.19. The van der Waals surface area contributed by atoms with Gasteiger partial charge >= 0.3 is 0 Å². The number of para-hydroxylation sites is 1. The Morgan fingerprint density at radius 1 is 1.30 bits per heavy atom. The zero-order valence-electron chi connectivity index (χ0n) is 12.4. The second-order valence-electron chi connectivity index (χ2n) is 5.01. The number of nitrogens with zero attached hydrogens (tertiary/aromatic N) is 3. The Morgan fingerprint density at radius 2 is 2.00 bits per heavy atom. The number of aromatic nitrogens is 2. The molecule has 0 aliphatic heterocycles. The number of rotatable bonds is 6. The maximum Gasteiger partial charge on any atom is 0.147 e. The zero-order valence-corrected chi connectivity index (χ0v) is 12.4. The fourth-order valence-electron chi connectivity index (χ4n) is 2.22. The van der Waals surface area contributed by atoms with Gasteiger partial charge in [0.25, 0.3) is 0 Å². The molecule has 0 bridgehead atoms. The van der Waals surface area contributed by atoms with Crippen LogP contribution >= 0.6 is 0 Å². The van der Waals surface area contributed by atoms with Crippen LogP contribution in [0.4, 0.5) is 17.2 Å². The van der Waals surface area contributed by atoms with E-state index in [2.05, 4.69) is 46.6 Å². The van der Waals surface area contributed by atoms with E-state index >= 15 is 0 Å². The molecule has 0 atom stereocenters. The molecule has 0 aliphatic carbocycles. The summed E-state index contributed by atoms with van der Waals surface area (Å²) in [6, 6.07) is 10.4. The number of nitrogens with two attached hydrogens (primary N) is 1. The molecule has 0 aliphatic rings. The van der Waals surface area contributed by atoms with Crippen molar-refractivity contribution in [2.75, 3.05) is 36.1 Å². The molecule has 0 spiro atoms. The molecule has 20 heavy (non-hydrogen) atoms. The van der Waals surface area contributed by atoms with Crippen LogP contribution in [-0.4, -0.2) is 29.9 Å². The Balaban J connectivity index is 1.79. The molecule has 1 aromatic carbocycles. The minimum atomic E-state index is 0.740. The van der Waals surface area contributed by atoms with Crippen molar-refractivity contribution in [3.8, 4) is 0 Å². The first-order valence-corrected chi connectivity index (χ1v) is 6.88. The highest BCUT2D eigenvalue weighted by molar-refractivity contribution is 5.64. The molecule has 3 N–H and O–H groups in total. The van der Waals surface area contributed by atoms with E-state index in [1.807, 2.05) is 20.0 Å². The van der Waals surface area contributed by atoms with Crippen LogP contribution in [0.1, 0.15) is 12.1 Å². The third-order valence-corrected chi connectivity index (χ3v) is 3.43. The van der Waals surface area contributed by atoms with Gasteiger partial charge in [-0.2, -0.15) is 5.10 Å². The number of nitrogen functional groups attached to an aromatic ring is 1. The summed E-state index contributed by atoms with van der Waals surface area (Å²) in [5, 5.41) is 7.65. The van der Waals surface area contributed by atoms with Crippen molar-refractivity contribution >= 4 is 17.2 Å². The first kappa shape index (κ1) is 14.2. The fraction of sp³-hybridized carbons (Fsp3) is 0.400. The lowest BCUT2D eigenvalue weighted by Crippen LogP contribution is -2.21. The van der Waals surface area contributed by atoms with Gasteiger partial charge in [0.1, 0.15) is 5.82 Å². The predicted octanol–water partition coefficient (Wildman–Crippen LogP) is 2.25. The summed E-state index contributed by atoms with van der Waals surface area (Å²) < 4.78 is 1.80. The van der Waals surface area contributed by atoms with Crippen LogP contribution < -0.4 is 16.0 Å². The van der Waals surface area contributed by atoms with Crippen molar-refractivity contribution in [3.05, 3.63) is 36.0 Å². The van der Waals surface area contributed by atoms with Gasteiger partial charge in [0.2, 0.25) is 0 Å². The number of anilines is 3. The molecule has 5 nitrogen and oxygen atoms in total. The molecular weight excluding hydrogens is 250 g/mol. The van der Waals surface area contributed by atoms with Gasteiger partial charge in [-0.1, -0.05) is 18.2 Å². The molecule has 0 unspecified atom stereocenters. The monoisotopic (exact) mass is 273 g/mol. The molecule has 2 aromatic rings. The second kappa shape index (κ2) is 6.32. The predicted molar refractivity (Wildman–Crippen MR) is 85.2 cm³/mol. The SMILES string of the molecule is Cc1nn(C)c(NCCCN(C)c2ccccc2)c1N. The fourth-order valence-corrected chi connectivity index (χ4v) is 2.22. The van der Waals surface area contributed by atoms with Gasteiger partial charge in [-0.05, 0) is 25.5 Å². The normalized spacial score (nSPS) is 10.6. The van der Waals surface area contributed by atoms with Crippen LogP contribution in [0, 0.1) is 6.92 Å². The van der Waals surface area contributed by atoms with E-state index in [9.17, 15) is 0 Å². The number of hydrogen-bond donors (Lipinski definition) is 2. The van der Waals surface area contributed by atoms with E-state index in [4.69, 9.17) is 5.73 Å². The van der Waals surface area contributed by atoms with Gasteiger partial charge in [-0.3, -0.25) is 4.68 Å². The maximum atomic E-state index is 5.98. The standard InChI is InChI=1S/C15H23N5/c1-12-14(16)15(20(3)18-12)17-10-7-11-19(2)13-8-5-4-6-9-13/h4-6,8-9,17H,7,10-11,16H2,1-3H3. The Bertz CT molecular complexity index is 547. The lowest BCUT2D eigenvalue weighted by atomic mass is 10.3. The molecule has 0 fully saturated rings. The Morgan fingerprint density at radius 3 is 2.60 bits per heavy atom. The van der Waals surface area contributed by atoms with Gasteiger partial charge in [0.05, 0.1) is 11.4 Å². The molecular formula is C15H23N5. The topological polar surface area (TPSA) is 59.1 Å². The van der Waals surface area contributed by atoms with Gasteiger partial charge < -0.3 is 16.0 Å². The molecule has 2 rings (SSSR count). The number of benzene rings is 1. The van der Waals surface area contributed by atoms with Crippen LogP contribution in [-0.2, 0) is 7.05 Å². The zero-order chi connectivity index (χ0) is 14.5. The van der Waals surface area contributed by atoms with E-state index in [1.54, 1.807) is 4.68 Å². The van der Waals surface area contributed by atoms with Crippen LogP contribution in [0.3, 0.4) is 0 Å². The third kappa shape index (κ3) is 3.23. The van der Waals surface area contributed by atoms with Gasteiger partial charge in [-0.15, -0.1) is 0 Å². The van der Waals surface area contributed by atoms with Crippen molar-refractivity contribution in [1.29, 1.82) is 0 Å². The van der Waals surface area contributed by atoms with E-state index in [0.717, 1.165) is 36.7 Å². The summed E-state index contributed by atoms with van der Waals surface area (Å²) in [6.45, 7) is 3.79. The van der Waals surface area contributed by atoms with Crippen LogP contribution in [0.2, 0.25) is 0 Å². The summed E-state index contributed by atoms with van der Waals surface area (Å²) in [7, 11) is 4.01. The highest BCUT2D eigenvalue weighted by atomic mass is 15.3. The van der Waals surface area contributed by atoms with Crippen molar-refractivity contribution in [2.24, 2.45) is 7.05 Å². The molecule has 5 heteroatoms. The second-order valence-corrected chi connectivity index (χ2v) is 5.01. The molecule has 0 saturated heterocycles. The van der Waals surface area contributed by atoms with Gasteiger partial charge in [0, 0.05) is 32.9 Å². The summed E-state index contributed by atoms with van der Waals surface area (Å²) in [6.07, 6.45) is 1.04. The van der Waals surface area contributed by atoms with Crippen LogP contribution in [0.5, 0.6) is 0 Å². The molecule has 0 amide bonds. The molecule has 0 saturated carbocycles. The molecule has 1 heterocycles. The Kier molecular flexibility index (Phi) is 4.50. The van der Waals surface area contributed by atoms with E-state index in [0.29, 0.717) is 0 Å². The van der Waals surface area contributed by atoms with E-state index in [-0.39, 0.29) is 0 Å².